The first-order chi connectivity index (χ1) is 6.66. The molecule has 1 amide bonds. The van der Waals surface area contributed by atoms with Gasteiger partial charge in [0.25, 0.3) is 11.6 Å². The van der Waals surface area contributed by atoms with Crippen molar-refractivity contribution in [3.63, 3.8) is 0 Å². The predicted octanol–water partition coefficient (Wildman–Crippen LogP) is 2.05. The number of benzene rings is 1. The Kier molecular flexibility index (Phi) is 2.78. The molecule has 0 N–H and O–H groups in total. The van der Waals surface area contributed by atoms with Gasteiger partial charge in [0.15, 0.2) is 0 Å². The van der Waals surface area contributed by atoms with E-state index in [2.05, 4.69) is 10.0 Å². The maximum absolute atomic E-state index is 11.0. The Labute approximate surface area is 77.7 Å². The molecule has 0 unspecified atom stereocenters. The fourth-order valence-corrected chi connectivity index (χ4v) is 0.908. The summed E-state index contributed by atoms with van der Waals surface area (Å²) in [6, 6.07) is 5.27. The first-order valence-corrected chi connectivity index (χ1v) is 3.49. The van der Waals surface area contributed by atoms with Crippen molar-refractivity contribution >= 4 is 11.6 Å². The second-order valence-corrected chi connectivity index (χ2v) is 2.27. The van der Waals surface area contributed by atoms with Gasteiger partial charge in [-0.15, -0.1) is 0 Å². The minimum Gasteiger partial charge on any atom is -0.287 e. The van der Waals surface area contributed by atoms with Gasteiger partial charge in [-0.2, -0.15) is 0 Å². The lowest BCUT2D eigenvalue weighted by atomic mass is 10.2. The third-order valence-electron chi connectivity index (χ3n) is 1.47. The van der Waals surface area contributed by atoms with Crippen LogP contribution >= 0.6 is 0 Å². The number of rotatable bonds is 2. The zero-order valence-electron chi connectivity index (χ0n) is 6.82. The molecule has 0 heterocycles. The van der Waals surface area contributed by atoms with Gasteiger partial charge in [-0.25, -0.2) is 0 Å². The second kappa shape index (κ2) is 4.01. The lowest BCUT2D eigenvalue weighted by Gasteiger charge is -1.95. The number of carbonyl (C=O) groups is 1. The van der Waals surface area contributed by atoms with Crippen molar-refractivity contribution in [3.8, 4) is 0 Å². The van der Waals surface area contributed by atoms with Gasteiger partial charge < -0.3 is 0 Å². The van der Waals surface area contributed by atoms with Crippen molar-refractivity contribution in [2.45, 2.75) is 0 Å². The fraction of sp³-hybridized carbons (Fsp3) is 0. The molecule has 7 nitrogen and oxygen atoms in total. The van der Waals surface area contributed by atoms with Gasteiger partial charge in [0.1, 0.15) is 5.56 Å². The highest BCUT2D eigenvalue weighted by molar-refractivity contribution is 5.98. The van der Waals surface area contributed by atoms with Crippen LogP contribution in [0.3, 0.4) is 0 Å². The molecule has 0 atom stereocenters. The molecule has 0 fully saturated rings. The maximum Gasteiger partial charge on any atom is 0.280 e. The molecule has 0 aromatic heterocycles. The molecule has 14 heavy (non-hydrogen) atoms. The Morgan fingerprint density at radius 1 is 1.50 bits per heavy atom. The van der Waals surface area contributed by atoms with Crippen LogP contribution in [-0.2, 0) is 0 Å². The van der Waals surface area contributed by atoms with Crippen molar-refractivity contribution in [1.82, 2.24) is 0 Å². The molecule has 1 rings (SSSR count). The third kappa shape index (κ3) is 1.85. The summed E-state index contributed by atoms with van der Waals surface area (Å²) in [5.41, 5.74) is 7.41. The van der Waals surface area contributed by atoms with Crippen LogP contribution in [0, 0.1) is 10.1 Å². The predicted molar refractivity (Wildman–Crippen MR) is 46.6 cm³/mol. The van der Waals surface area contributed by atoms with E-state index in [9.17, 15) is 14.9 Å². The van der Waals surface area contributed by atoms with Crippen LogP contribution in [0.4, 0.5) is 5.69 Å². The van der Waals surface area contributed by atoms with Crippen LogP contribution < -0.4 is 0 Å². The van der Waals surface area contributed by atoms with Gasteiger partial charge in [0.05, 0.1) is 4.92 Å². The van der Waals surface area contributed by atoms with E-state index >= 15 is 0 Å². The minimum absolute atomic E-state index is 0.213. The zero-order chi connectivity index (χ0) is 10.6. The molecule has 7 heteroatoms. The van der Waals surface area contributed by atoms with Crippen molar-refractivity contribution < 1.29 is 9.72 Å². The summed E-state index contributed by atoms with van der Waals surface area (Å²) in [4.78, 5) is 23.1. The van der Waals surface area contributed by atoms with E-state index in [1.807, 2.05) is 0 Å². The average molecular weight is 192 g/mol. The van der Waals surface area contributed by atoms with Crippen molar-refractivity contribution in [2.75, 3.05) is 0 Å². The summed E-state index contributed by atoms with van der Waals surface area (Å²) < 4.78 is 0. The van der Waals surface area contributed by atoms with Crippen molar-refractivity contribution in [1.29, 1.82) is 0 Å². The summed E-state index contributed by atoms with van der Waals surface area (Å²) in [6.07, 6.45) is 0. The molecule has 0 saturated heterocycles. The van der Waals surface area contributed by atoms with Crippen LogP contribution in [0.5, 0.6) is 0 Å². The van der Waals surface area contributed by atoms with Crippen molar-refractivity contribution in [3.05, 3.63) is 50.4 Å². The van der Waals surface area contributed by atoms with E-state index in [1.165, 1.54) is 24.3 Å². The van der Waals surface area contributed by atoms with Crippen molar-refractivity contribution in [2.24, 2.45) is 5.11 Å². The lowest BCUT2D eigenvalue weighted by molar-refractivity contribution is -0.385. The van der Waals surface area contributed by atoms with Gasteiger partial charge >= 0.3 is 0 Å². The molecule has 1 aromatic rings. The van der Waals surface area contributed by atoms with Crippen LogP contribution in [0.2, 0.25) is 0 Å². The Bertz CT molecular complexity index is 436. The monoisotopic (exact) mass is 192 g/mol. The summed E-state index contributed by atoms with van der Waals surface area (Å²) in [6.45, 7) is 0. The number of amides is 1. The highest BCUT2D eigenvalue weighted by atomic mass is 16.6. The van der Waals surface area contributed by atoms with Crippen LogP contribution in [-0.4, -0.2) is 10.8 Å². The SMILES string of the molecule is [N-]=[N+]=NC(=O)c1ccccc1[N+](=O)[O-]. The molecular formula is C7H4N4O3. The maximum atomic E-state index is 11.0. The zero-order valence-corrected chi connectivity index (χ0v) is 6.82. The van der Waals surface area contributed by atoms with Crippen LogP contribution in [0.25, 0.3) is 10.4 Å². The molecule has 0 spiro atoms. The Hall–Kier alpha value is -2.40. The molecule has 1 aromatic carbocycles. The van der Waals surface area contributed by atoms with E-state index in [-0.39, 0.29) is 11.3 Å². The van der Waals surface area contributed by atoms with Gasteiger partial charge in [-0.1, -0.05) is 12.1 Å². The molecule has 0 bridgehead atoms. The number of para-hydroxylation sites is 1. The molecule has 0 aliphatic heterocycles. The fourth-order valence-electron chi connectivity index (χ4n) is 0.908. The summed E-state index contributed by atoms with van der Waals surface area (Å²) in [5, 5.41) is 13.2. The average Bonchev–Trinajstić information content (AvgIpc) is 2.18. The molecule has 0 radical (unpaired) electrons. The van der Waals surface area contributed by atoms with E-state index in [0.717, 1.165) is 0 Å². The molecule has 0 saturated carbocycles. The summed E-state index contributed by atoms with van der Waals surface area (Å²) in [5.74, 6) is -0.959. The largest absolute Gasteiger partial charge is 0.287 e. The summed E-state index contributed by atoms with van der Waals surface area (Å²) >= 11 is 0. The third-order valence-corrected chi connectivity index (χ3v) is 1.47. The Morgan fingerprint density at radius 3 is 2.71 bits per heavy atom. The number of carbonyl (C=O) groups excluding carboxylic acids is 1. The topological polar surface area (TPSA) is 109 Å². The number of hydrogen-bond donors (Lipinski definition) is 0. The highest BCUT2D eigenvalue weighted by Crippen LogP contribution is 2.18. The van der Waals surface area contributed by atoms with E-state index in [0.29, 0.717) is 0 Å². The Balaban J connectivity index is 3.26. The van der Waals surface area contributed by atoms with Gasteiger partial charge in [0, 0.05) is 11.0 Å². The van der Waals surface area contributed by atoms with Crippen LogP contribution in [0.15, 0.2) is 29.4 Å². The first kappa shape index (κ1) is 9.69. The minimum atomic E-state index is -0.959. The smallest absolute Gasteiger partial charge is 0.280 e. The van der Waals surface area contributed by atoms with Gasteiger partial charge in [-0.05, 0) is 16.7 Å². The van der Waals surface area contributed by atoms with E-state index in [4.69, 9.17) is 5.53 Å². The second-order valence-electron chi connectivity index (χ2n) is 2.27. The lowest BCUT2D eigenvalue weighted by Crippen LogP contribution is -1.99. The highest BCUT2D eigenvalue weighted by Gasteiger charge is 2.17. The first-order valence-electron chi connectivity index (χ1n) is 3.49. The van der Waals surface area contributed by atoms with Gasteiger partial charge in [-0.3, -0.25) is 14.9 Å². The summed E-state index contributed by atoms with van der Waals surface area (Å²) in [7, 11) is 0. The molecular weight excluding hydrogens is 188 g/mol. The number of azide groups is 1. The molecule has 0 aliphatic carbocycles. The molecule has 0 aliphatic rings. The normalized spacial score (nSPS) is 8.86. The van der Waals surface area contributed by atoms with E-state index < -0.39 is 10.8 Å². The quantitative estimate of drug-likeness (QED) is 0.235. The van der Waals surface area contributed by atoms with Crippen LogP contribution in [0.1, 0.15) is 10.4 Å². The number of nitrogens with zero attached hydrogens (tertiary/aromatic N) is 4. The number of nitro benzene ring substituents is 1. The standard InChI is InChI=1S/C7H4N4O3/c8-10-9-7(12)5-3-1-2-4-6(5)11(13)14/h1-4H. The number of hydrogen-bond acceptors (Lipinski definition) is 3. The number of nitro groups is 1. The molecule has 70 valence electrons. The van der Waals surface area contributed by atoms with Gasteiger partial charge in [0.2, 0.25) is 0 Å². The van der Waals surface area contributed by atoms with E-state index in [1.54, 1.807) is 0 Å². The Morgan fingerprint density at radius 2 is 2.14 bits per heavy atom.